The summed E-state index contributed by atoms with van der Waals surface area (Å²) in [6, 6.07) is 5.56. The van der Waals surface area contributed by atoms with Crippen molar-refractivity contribution in [3.8, 4) is 0 Å². The monoisotopic (exact) mass is 294 g/mol. The van der Waals surface area contributed by atoms with Crippen LogP contribution in [0.5, 0.6) is 0 Å². The number of unbranched alkanes of at least 4 members (excludes halogenated alkanes) is 2. The second kappa shape index (κ2) is 6.75. The Morgan fingerprint density at radius 1 is 1.35 bits per heavy atom. The van der Waals surface area contributed by atoms with Crippen LogP contribution >= 0.6 is 11.6 Å². The van der Waals surface area contributed by atoms with E-state index in [1.807, 2.05) is 23.7 Å². The number of alkyl halides is 1. The third-order valence-corrected chi connectivity index (χ3v) is 3.63. The smallest absolute Gasteiger partial charge is 0.337 e. The number of methoxy groups -OCH3 is 1. The lowest BCUT2D eigenvalue weighted by atomic mass is 10.1. The zero-order chi connectivity index (χ0) is 14.5. The number of carbonyl (C=O) groups excluding carboxylic acids is 1. The van der Waals surface area contributed by atoms with Crippen LogP contribution in [-0.4, -0.2) is 28.7 Å². The highest BCUT2D eigenvalue weighted by Crippen LogP contribution is 2.21. The molecule has 2 rings (SSSR count). The summed E-state index contributed by atoms with van der Waals surface area (Å²) in [6.45, 7) is 2.82. The van der Waals surface area contributed by atoms with Gasteiger partial charge in [0.15, 0.2) is 0 Å². The van der Waals surface area contributed by atoms with E-state index in [9.17, 15) is 4.79 Å². The van der Waals surface area contributed by atoms with Crippen LogP contribution in [0, 0.1) is 6.92 Å². The Morgan fingerprint density at radius 3 is 2.85 bits per heavy atom. The fourth-order valence-electron chi connectivity index (χ4n) is 2.29. The quantitative estimate of drug-likeness (QED) is 0.465. The summed E-state index contributed by atoms with van der Waals surface area (Å²) in [5.41, 5.74) is 2.52. The molecule has 0 unspecified atom stereocenters. The molecule has 1 aromatic carbocycles. The van der Waals surface area contributed by atoms with E-state index in [4.69, 9.17) is 16.3 Å². The largest absolute Gasteiger partial charge is 0.465 e. The highest BCUT2D eigenvalue weighted by atomic mass is 35.5. The van der Waals surface area contributed by atoms with Crippen molar-refractivity contribution in [3.05, 3.63) is 29.5 Å². The lowest BCUT2D eigenvalue weighted by Crippen LogP contribution is -2.03. The minimum absolute atomic E-state index is 0.320. The molecule has 20 heavy (non-hydrogen) atoms. The maximum atomic E-state index is 11.6. The van der Waals surface area contributed by atoms with Gasteiger partial charge in [-0.25, -0.2) is 4.79 Å². The van der Waals surface area contributed by atoms with Crippen LogP contribution in [-0.2, 0) is 11.3 Å². The number of hydrogen-bond acceptors (Lipinski definition) is 3. The molecule has 0 fully saturated rings. The first-order chi connectivity index (χ1) is 9.67. The van der Waals surface area contributed by atoms with E-state index in [0.29, 0.717) is 11.4 Å². The summed E-state index contributed by atoms with van der Waals surface area (Å²) >= 11 is 5.68. The van der Waals surface area contributed by atoms with Gasteiger partial charge in [0.2, 0.25) is 0 Å². The van der Waals surface area contributed by atoms with E-state index < -0.39 is 0 Å². The molecule has 0 aliphatic heterocycles. The summed E-state index contributed by atoms with van der Waals surface area (Å²) in [6.07, 6.45) is 3.14. The Morgan fingerprint density at radius 2 is 2.15 bits per heavy atom. The Labute approximate surface area is 123 Å². The van der Waals surface area contributed by atoms with Crippen LogP contribution in [0.2, 0.25) is 0 Å². The van der Waals surface area contributed by atoms with E-state index in [1.54, 1.807) is 6.07 Å². The van der Waals surface area contributed by atoms with Crippen LogP contribution in [0.25, 0.3) is 10.9 Å². The number of halogens is 1. The van der Waals surface area contributed by atoms with Crippen molar-refractivity contribution >= 4 is 28.5 Å². The van der Waals surface area contributed by atoms with E-state index in [-0.39, 0.29) is 5.97 Å². The minimum Gasteiger partial charge on any atom is -0.465 e. The Hall–Kier alpha value is -1.55. The van der Waals surface area contributed by atoms with Gasteiger partial charge in [-0.1, -0.05) is 12.5 Å². The first-order valence-electron chi connectivity index (χ1n) is 6.79. The van der Waals surface area contributed by atoms with Gasteiger partial charge in [0.25, 0.3) is 0 Å². The molecule has 0 spiro atoms. The highest BCUT2D eigenvalue weighted by molar-refractivity contribution is 6.17. The van der Waals surface area contributed by atoms with Gasteiger partial charge in [-0.05, 0) is 31.9 Å². The third kappa shape index (κ3) is 3.12. The molecule has 0 saturated carbocycles. The Bertz CT molecular complexity index is 607. The number of aryl methyl sites for hydroxylation is 2. The van der Waals surface area contributed by atoms with Crippen LogP contribution < -0.4 is 0 Å². The molecule has 0 bridgehead atoms. The van der Waals surface area contributed by atoms with Crippen molar-refractivity contribution in [1.29, 1.82) is 0 Å². The van der Waals surface area contributed by atoms with E-state index >= 15 is 0 Å². The van der Waals surface area contributed by atoms with Gasteiger partial charge in [0.1, 0.15) is 0 Å². The van der Waals surface area contributed by atoms with E-state index in [1.165, 1.54) is 7.11 Å². The van der Waals surface area contributed by atoms with Crippen molar-refractivity contribution in [3.63, 3.8) is 0 Å². The number of ether oxygens (including phenoxy) is 1. The molecule has 1 aromatic heterocycles. The number of nitrogens with zero attached hydrogens (tertiary/aromatic N) is 2. The topological polar surface area (TPSA) is 44.1 Å². The zero-order valence-corrected chi connectivity index (χ0v) is 12.6. The van der Waals surface area contributed by atoms with Crippen molar-refractivity contribution in [1.82, 2.24) is 9.78 Å². The number of hydrogen-bond donors (Lipinski definition) is 0. The molecule has 1 heterocycles. The van der Waals surface area contributed by atoms with E-state index in [0.717, 1.165) is 42.4 Å². The molecule has 5 heteroatoms. The fourth-order valence-corrected chi connectivity index (χ4v) is 2.48. The van der Waals surface area contributed by atoms with Gasteiger partial charge in [0, 0.05) is 17.8 Å². The number of carbonyl (C=O) groups is 1. The molecule has 0 N–H and O–H groups in total. The second-order valence-corrected chi connectivity index (χ2v) is 5.16. The molecular formula is C15H19ClN2O2. The molecular weight excluding hydrogens is 276 g/mol. The summed E-state index contributed by atoms with van der Waals surface area (Å²) in [4.78, 5) is 11.6. The van der Waals surface area contributed by atoms with Gasteiger partial charge in [-0.15, -0.1) is 11.6 Å². The lowest BCUT2D eigenvalue weighted by Gasteiger charge is -2.04. The summed E-state index contributed by atoms with van der Waals surface area (Å²) in [7, 11) is 1.39. The maximum absolute atomic E-state index is 11.6. The van der Waals surface area contributed by atoms with Crippen LogP contribution in [0.1, 0.15) is 35.3 Å². The number of fused-ring (bicyclic) bond motifs is 1. The van der Waals surface area contributed by atoms with E-state index in [2.05, 4.69) is 5.10 Å². The Kier molecular flexibility index (Phi) is 5.01. The average Bonchev–Trinajstić information content (AvgIpc) is 2.79. The molecule has 0 atom stereocenters. The maximum Gasteiger partial charge on any atom is 0.337 e. The van der Waals surface area contributed by atoms with Crippen LogP contribution in [0.3, 0.4) is 0 Å². The average molecular weight is 295 g/mol. The van der Waals surface area contributed by atoms with Crippen molar-refractivity contribution in [2.45, 2.75) is 32.7 Å². The molecule has 0 aliphatic rings. The van der Waals surface area contributed by atoms with Crippen molar-refractivity contribution in [2.75, 3.05) is 13.0 Å². The highest BCUT2D eigenvalue weighted by Gasteiger charge is 2.11. The summed E-state index contributed by atoms with van der Waals surface area (Å²) in [5.74, 6) is 0.380. The standard InChI is InChI=1S/C15H19ClN2O2/c1-11-13-7-6-12(15(19)20-2)10-14(13)18(17-11)9-5-3-4-8-16/h6-7,10H,3-5,8-9H2,1-2H3. The lowest BCUT2D eigenvalue weighted by molar-refractivity contribution is 0.0601. The first-order valence-corrected chi connectivity index (χ1v) is 7.32. The number of aromatic nitrogens is 2. The van der Waals surface area contributed by atoms with Gasteiger partial charge < -0.3 is 4.74 Å². The van der Waals surface area contributed by atoms with Gasteiger partial charge in [-0.2, -0.15) is 5.10 Å². The molecule has 0 saturated heterocycles. The molecule has 2 aromatic rings. The van der Waals surface area contributed by atoms with Gasteiger partial charge in [-0.3, -0.25) is 4.68 Å². The molecule has 0 amide bonds. The first kappa shape index (κ1) is 14.9. The summed E-state index contributed by atoms with van der Waals surface area (Å²) < 4.78 is 6.73. The zero-order valence-electron chi connectivity index (χ0n) is 11.9. The van der Waals surface area contributed by atoms with Crippen LogP contribution in [0.15, 0.2) is 18.2 Å². The Balaban J connectivity index is 2.27. The van der Waals surface area contributed by atoms with Gasteiger partial charge >= 0.3 is 5.97 Å². The fraction of sp³-hybridized carbons (Fsp3) is 0.467. The molecule has 108 valence electrons. The number of rotatable bonds is 6. The summed E-state index contributed by atoms with van der Waals surface area (Å²) in [5, 5.41) is 5.62. The SMILES string of the molecule is COC(=O)c1ccc2c(C)nn(CCCCCCl)c2c1. The van der Waals surface area contributed by atoms with Crippen LogP contribution in [0.4, 0.5) is 0 Å². The number of esters is 1. The van der Waals surface area contributed by atoms with Crippen molar-refractivity contribution in [2.24, 2.45) is 0 Å². The third-order valence-electron chi connectivity index (χ3n) is 3.36. The predicted octanol–water partition coefficient (Wildman–Crippen LogP) is 3.54. The van der Waals surface area contributed by atoms with Crippen molar-refractivity contribution < 1.29 is 9.53 Å². The molecule has 4 nitrogen and oxygen atoms in total. The second-order valence-electron chi connectivity index (χ2n) is 4.78. The minimum atomic E-state index is -0.320. The number of benzene rings is 1. The molecule has 0 aliphatic carbocycles. The van der Waals surface area contributed by atoms with Gasteiger partial charge in [0.05, 0.1) is 23.9 Å². The normalized spacial score (nSPS) is 10.9. The molecule has 0 radical (unpaired) electrons. The predicted molar refractivity (Wildman–Crippen MR) is 80.4 cm³/mol.